The van der Waals surface area contributed by atoms with Crippen LogP contribution in [-0.2, 0) is 0 Å². The highest BCUT2D eigenvalue weighted by molar-refractivity contribution is 5.53. The average Bonchev–Trinajstić information content (AvgIpc) is 2.75. The summed E-state index contributed by atoms with van der Waals surface area (Å²) in [7, 11) is 0. The quantitative estimate of drug-likeness (QED) is 0.589. The molecule has 0 amide bonds. The molecule has 2 rings (SSSR count). The summed E-state index contributed by atoms with van der Waals surface area (Å²) in [5, 5.41) is 4.28. The van der Waals surface area contributed by atoms with Crippen molar-refractivity contribution in [2.45, 2.75) is 32.2 Å². The van der Waals surface area contributed by atoms with Crippen molar-refractivity contribution in [3.05, 3.63) is 30.4 Å². The van der Waals surface area contributed by atoms with Gasteiger partial charge in [0.25, 0.3) is 0 Å². The first-order chi connectivity index (χ1) is 7.86. The molecule has 1 unspecified atom stereocenters. The number of unbranched alkanes of at least 4 members (excludes halogenated alkanes) is 1. The van der Waals surface area contributed by atoms with E-state index in [2.05, 4.69) is 22.4 Å². The Morgan fingerprint density at radius 1 is 1.50 bits per heavy atom. The molecule has 86 valence electrons. The fourth-order valence-corrected chi connectivity index (χ4v) is 1.86. The molecule has 2 aromatic heterocycles. The molecule has 5 heteroatoms. The number of nitrogens with zero attached hydrogens (tertiary/aromatic N) is 3. The number of hydrazine groups is 1. The average molecular weight is 219 g/mol. The molecule has 1 atom stereocenters. The minimum Gasteiger partial charge on any atom is -0.271 e. The summed E-state index contributed by atoms with van der Waals surface area (Å²) in [5.41, 5.74) is 4.98. The lowest BCUT2D eigenvalue weighted by Crippen LogP contribution is -2.27. The maximum atomic E-state index is 5.59. The Bertz CT molecular complexity index is 450. The number of aromatic nitrogens is 3. The topological polar surface area (TPSA) is 68.2 Å². The Balaban J connectivity index is 2.30. The molecule has 0 spiro atoms. The Morgan fingerprint density at radius 2 is 2.38 bits per heavy atom. The van der Waals surface area contributed by atoms with Crippen LogP contribution >= 0.6 is 0 Å². The van der Waals surface area contributed by atoms with Crippen molar-refractivity contribution in [3.63, 3.8) is 0 Å². The Morgan fingerprint density at radius 3 is 3.12 bits per heavy atom. The Labute approximate surface area is 94.6 Å². The minimum atomic E-state index is 0.154. The van der Waals surface area contributed by atoms with Crippen molar-refractivity contribution in [3.8, 4) is 0 Å². The van der Waals surface area contributed by atoms with Crippen LogP contribution in [-0.4, -0.2) is 14.6 Å². The third kappa shape index (κ3) is 2.05. The first kappa shape index (κ1) is 11.0. The standard InChI is InChI=1S/C11H17N5/c1-2-3-4-10(15-12)9-7-14-16-6-5-13-8-11(9)16/h5-8,10,15H,2-4,12H2,1H3. The van der Waals surface area contributed by atoms with Crippen molar-refractivity contribution in [2.75, 3.05) is 0 Å². The predicted molar refractivity (Wildman–Crippen MR) is 62.6 cm³/mol. The smallest absolute Gasteiger partial charge is 0.0893 e. The lowest BCUT2D eigenvalue weighted by atomic mass is 10.0. The summed E-state index contributed by atoms with van der Waals surface area (Å²) in [6, 6.07) is 0.154. The summed E-state index contributed by atoms with van der Waals surface area (Å²) in [6.07, 6.45) is 10.6. The lowest BCUT2D eigenvalue weighted by Gasteiger charge is -2.13. The lowest BCUT2D eigenvalue weighted by molar-refractivity contribution is 0.498. The molecule has 0 saturated carbocycles. The summed E-state index contributed by atoms with van der Waals surface area (Å²) >= 11 is 0. The van der Waals surface area contributed by atoms with Gasteiger partial charge in [0, 0.05) is 24.0 Å². The van der Waals surface area contributed by atoms with Crippen LogP contribution < -0.4 is 11.3 Å². The van der Waals surface area contributed by atoms with Gasteiger partial charge in [0.1, 0.15) is 0 Å². The first-order valence-electron chi connectivity index (χ1n) is 5.60. The minimum absolute atomic E-state index is 0.154. The molecule has 0 aliphatic carbocycles. The van der Waals surface area contributed by atoms with Gasteiger partial charge in [0.15, 0.2) is 0 Å². The van der Waals surface area contributed by atoms with E-state index in [0.717, 1.165) is 30.3 Å². The van der Waals surface area contributed by atoms with Gasteiger partial charge < -0.3 is 0 Å². The van der Waals surface area contributed by atoms with Crippen LogP contribution in [0.15, 0.2) is 24.8 Å². The van der Waals surface area contributed by atoms with E-state index in [1.165, 1.54) is 0 Å². The van der Waals surface area contributed by atoms with Gasteiger partial charge in [0.2, 0.25) is 0 Å². The zero-order valence-corrected chi connectivity index (χ0v) is 9.43. The maximum absolute atomic E-state index is 5.59. The third-order valence-corrected chi connectivity index (χ3v) is 2.78. The van der Waals surface area contributed by atoms with Gasteiger partial charge in [-0.3, -0.25) is 16.3 Å². The van der Waals surface area contributed by atoms with Crippen LogP contribution in [0.5, 0.6) is 0 Å². The summed E-state index contributed by atoms with van der Waals surface area (Å²) in [5.74, 6) is 5.59. The van der Waals surface area contributed by atoms with Crippen molar-refractivity contribution >= 4 is 5.52 Å². The number of rotatable bonds is 5. The fraction of sp³-hybridized carbons (Fsp3) is 0.455. The summed E-state index contributed by atoms with van der Waals surface area (Å²) < 4.78 is 1.82. The van der Waals surface area contributed by atoms with Crippen molar-refractivity contribution in [1.29, 1.82) is 0 Å². The van der Waals surface area contributed by atoms with Gasteiger partial charge in [-0.25, -0.2) is 4.52 Å². The fourth-order valence-electron chi connectivity index (χ4n) is 1.86. The van der Waals surface area contributed by atoms with E-state index in [-0.39, 0.29) is 6.04 Å². The van der Waals surface area contributed by atoms with Crippen molar-refractivity contribution in [2.24, 2.45) is 5.84 Å². The zero-order chi connectivity index (χ0) is 11.4. The number of hydrogen-bond acceptors (Lipinski definition) is 4. The SMILES string of the molecule is CCCCC(NN)c1cnn2ccncc12. The van der Waals surface area contributed by atoms with Gasteiger partial charge in [-0.1, -0.05) is 19.8 Å². The number of fused-ring (bicyclic) bond motifs is 1. The van der Waals surface area contributed by atoms with Crippen molar-refractivity contribution < 1.29 is 0 Å². The molecule has 3 N–H and O–H groups in total. The van der Waals surface area contributed by atoms with E-state index < -0.39 is 0 Å². The van der Waals surface area contributed by atoms with E-state index in [4.69, 9.17) is 5.84 Å². The van der Waals surface area contributed by atoms with E-state index in [0.29, 0.717) is 0 Å². The first-order valence-corrected chi connectivity index (χ1v) is 5.60. The number of nitrogens with one attached hydrogen (secondary N) is 1. The Kier molecular flexibility index (Phi) is 3.48. The number of nitrogens with two attached hydrogens (primary N) is 1. The molecule has 0 saturated heterocycles. The van der Waals surface area contributed by atoms with Crippen LogP contribution in [0.25, 0.3) is 5.52 Å². The van der Waals surface area contributed by atoms with Crippen LogP contribution in [0, 0.1) is 0 Å². The highest BCUT2D eigenvalue weighted by Gasteiger charge is 2.14. The second kappa shape index (κ2) is 5.05. The molecular weight excluding hydrogens is 202 g/mol. The molecule has 2 heterocycles. The molecule has 2 aromatic rings. The van der Waals surface area contributed by atoms with E-state index >= 15 is 0 Å². The molecule has 0 radical (unpaired) electrons. The molecule has 0 aliphatic rings. The van der Waals surface area contributed by atoms with Crippen molar-refractivity contribution in [1.82, 2.24) is 20.0 Å². The van der Waals surface area contributed by atoms with Crippen LogP contribution in [0.2, 0.25) is 0 Å². The van der Waals surface area contributed by atoms with Gasteiger partial charge in [-0.15, -0.1) is 0 Å². The van der Waals surface area contributed by atoms with E-state index in [1.54, 1.807) is 6.20 Å². The normalized spacial score (nSPS) is 13.1. The monoisotopic (exact) mass is 219 g/mol. The largest absolute Gasteiger partial charge is 0.271 e. The van der Waals surface area contributed by atoms with E-state index in [9.17, 15) is 0 Å². The summed E-state index contributed by atoms with van der Waals surface area (Å²) in [6.45, 7) is 2.17. The Hall–Kier alpha value is -1.46. The molecule has 0 aromatic carbocycles. The molecule has 16 heavy (non-hydrogen) atoms. The zero-order valence-electron chi connectivity index (χ0n) is 9.43. The second-order valence-electron chi connectivity index (χ2n) is 3.87. The molecule has 0 fully saturated rings. The third-order valence-electron chi connectivity index (χ3n) is 2.78. The highest BCUT2D eigenvalue weighted by atomic mass is 15.3. The van der Waals surface area contributed by atoms with Crippen LogP contribution in [0.4, 0.5) is 0 Å². The molecule has 0 bridgehead atoms. The van der Waals surface area contributed by atoms with Gasteiger partial charge in [-0.05, 0) is 6.42 Å². The van der Waals surface area contributed by atoms with Crippen LogP contribution in [0.1, 0.15) is 37.8 Å². The second-order valence-corrected chi connectivity index (χ2v) is 3.87. The maximum Gasteiger partial charge on any atom is 0.0893 e. The molecule has 5 nitrogen and oxygen atoms in total. The predicted octanol–water partition coefficient (Wildman–Crippen LogP) is 1.42. The molecular formula is C11H17N5. The van der Waals surface area contributed by atoms with E-state index in [1.807, 2.05) is 23.1 Å². The summed E-state index contributed by atoms with van der Waals surface area (Å²) in [4.78, 5) is 4.11. The molecule has 0 aliphatic heterocycles. The van der Waals surface area contributed by atoms with Crippen LogP contribution in [0.3, 0.4) is 0 Å². The number of hydrogen-bond donors (Lipinski definition) is 2. The van der Waals surface area contributed by atoms with Gasteiger partial charge in [0.05, 0.1) is 17.9 Å². The van der Waals surface area contributed by atoms with Gasteiger partial charge >= 0.3 is 0 Å². The van der Waals surface area contributed by atoms with Gasteiger partial charge in [-0.2, -0.15) is 5.10 Å². The highest BCUT2D eigenvalue weighted by Crippen LogP contribution is 2.22.